The van der Waals surface area contributed by atoms with Crippen LogP contribution in [0.1, 0.15) is 22.8 Å². The van der Waals surface area contributed by atoms with E-state index in [0.717, 1.165) is 32.8 Å². The molecule has 2 aliphatic heterocycles. The van der Waals surface area contributed by atoms with Gasteiger partial charge < -0.3 is 9.30 Å². The number of ether oxygens (including phenoxy) is 1. The van der Waals surface area contributed by atoms with E-state index in [1.54, 1.807) is 17.7 Å². The minimum absolute atomic E-state index is 0.216. The van der Waals surface area contributed by atoms with Gasteiger partial charge in [-0.3, -0.25) is 19.3 Å². The Morgan fingerprint density at radius 2 is 2.04 bits per heavy atom. The SMILES string of the molecule is Cc1ccn(CCN2CCOCC2)c(=O)c1C(=O)N1CC(C)CO1. The van der Waals surface area contributed by atoms with Gasteiger partial charge in [0.2, 0.25) is 0 Å². The highest BCUT2D eigenvalue weighted by Crippen LogP contribution is 2.15. The molecule has 24 heavy (non-hydrogen) atoms. The summed E-state index contributed by atoms with van der Waals surface area (Å²) < 4.78 is 6.95. The molecule has 7 heteroatoms. The Hall–Kier alpha value is -1.70. The van der Waals surface area contributed by atoms with Crippen molar-refractivity contribution in [1.82, 2.24) is 14.5 Å². The lowest BCUT2D eigenvalue weighted by molar-refractivity contribution is -0.0774. The van der Waals surface area contributed by atoms with Gasteiger partial charge in [0, 0.05) is 38.3 Å². The highest BCUT2D eigenvalue weighted by Gasteiger charge is 2.29. The molecule has 1 atom stereocenters. The van der Waals surface area contributed by atoms with E-state index in [2.05, 4.69) is 4.90 Å². The Kier molecular flexibility index (Phi) is 5.33. The predicted octanol–water partition coefficient (Wildman–Crippen LogP) is 0.512. The van der Waals surface area contributed by atoms with Crippen LogP contribution in [0.2, 0.25) is 0 Å². The Morgan fingerprint density at radius 3 is 2.71 bits per heavy atom. The number of pyridine rings is 1. The van der Waals surface area contributed by atoms with E-state index < -0.39 is 0 Å². The van der Waals surface area contributed by atoms with E-state index in [1.807, 2.05) is 13.0 Å². The summed E-state index contributed by atoms with van der Waals surface area (Å²) in [6.07, 6.45) is 1.77. The van der Waals surface area contributed by atoms with Gasteiger partial charge in [0.15, 0.2) is 0 Å². The van der Waals surface area contributed by atoms with E-state index in [-0.39, 0.29) is 17.0 Å². The number of morpholine rings is 1. The fourth-order valence-electron chi connectivity index (χ4n) is 3.05. The van der Waals surface area contributed by atoms with Crippen molar-refractivity contribution in [3.8, 4) is 0 Å². The number of hydroxylamine groups is 2. The van der Waals surface area contributed by atoms with Crippen LogP contribution < -0.4 is 5.56 Å². The Labute approximate surface area is 141 Å². The molecular formula is C17H25N3O4. The number of carbonyl (C=O) groups excluding carboxylic acids is 1. The number of carbonyl (C=O) groups is 1. The lowest BCUT2D eigenvalue weighted by Gasteiger charge is -2.26. The first-order valence-corrected chi connectivity index (χ1v) is 8.51. The number of aromatic nitrogens is 1. The normalized spacial score (nSPS) is 22.1. The van der Waals surface area contributed by atoms with Crippen LogP contribution in [0, 0.1) is 12.8 Å². The van der Waals surface area contributed by atoms with Crippen LogP contribution in [0.25, 0.3) is 0 Å². The molecule has 0 aliphatic carbocycles. The first-order valence-electron chi connectivity index (χ1n) is 8.51. The van der Waals surface area contributed by atoms with Crippen molar-refractivity contribution in [3.63, 3.8) is 0 Å². The van der Waals surface area contributed by atoms with E-state index in [1.165, 1.54) is 5.06 Å². The lowest BCUT2D eigenvalue weighted by atomic mass is 10.1. The highest BCUT2D eigenvalue weighted by atomic mass is 16.7. The van der Waals surface area contributed by atoms with Crippen LogP contribution in [0.15, 0.2) is 17.1 Å². The average molecular weight is 335 g/mol. The number of hydrogen-bond acceptors (Lipinski definition) is 5. The second-order valence-electron chi connectivity index (χ2n) is 6.59. The number of hydrogen-bond donors (Lipinski definition) is 0. The monoisotopic (exact) mass is 335 g/mol. The highest BCUT2D eigenvalue weighted by molar-refractivity contribution is 5.94. The predicted molar refractivity (Wildman–Crippen MR) is 88.9 cm³/mol. The molecule has 132 valence electrons. The molecule has 0 N–H and O–H groups in total. The minimum Gasteiger partial charge on any atom is -0.379 e. The minimum atomic E-state index is -0.331. The molecule has 3 rings (SSSR count). The van der Waals surface area contributed by atoms with E-state index in [9.17, 15) is 9.59 Å². The molecule has 1 amide bonds. The summed E-state index contributed by atoms with van der Waals surface area (Å²) in [5.74, 6) is -0.0379. The Bertz CT molecular complexity index is 652. The topological polar surface area (TPSA) is 64.0 Å². The molecule has 0 aromatic carbocycles. The maximum absolute atomic E-state index is 12.8. The summed E-state index contributed by atoms with van der Waals surface area (Å²) in [5.41, 5.74) is 0.667. The first kappa shape index (κ1) is 17.1. The molecule has 0 bridgehead atoms. The van der Waals surface area contributed by atoms with Crippen molar-refractivity contribution < 1.29 is 14.4 Å². The van der Waals surface area contributed by atoms with Crippen LogP contribution >= 0.6 is 0 Å². The summed E-state index contributed by atoms with van der Waals surface area (Å²) in [5, 5.41) is 1.32. The second-order valence-corrected chi connectivity index (χ2v) is 6.59. The largest absolute Gasteiger partial charge is 0.379 e. The van der Waals surface area contributed by atoms with Crippen molar-refractivity contribution in [2.45, 2.75) is 20.4 Å². The quantitative estimate of drug-likeness (QED) is 0.802. The third-order valence-electron chi connectivity index (χ3n) is 4.57. The van der Waals surface area contributed by atoms with Crippen LogP contribution in [-0.4, -0.2) is 66.4 Å². The summed E-state index contributed by atoms with van der Waals surface area (Å²) in [6.45, 7) is 9.43. The van der Waals surface area contributed by atoms with Gasteiger partial charge in [0.05, 0.1) is 26.4 Å². The molecule has 2 fully saturated rings. The fraction of sp³-hybridized carbons (Fsp3) is 0.647. The van der Waals surface area contributed by atoms with Gasteiger partial charge in [0.25, 0.3) is 11.5 Å². The van der Waals surface area contributed by atoms with Crippen LogP contribution in [0.5, 0.6) is 0 Å². The Balaban J connectivity index is 1.74. The number of nitrogens with zero attached hydrogens (tertiary/aromatic N) is 3. The number of rotatable bonds is 4. The van der Waals surface area contributed by atoms with Gasteiger partial charge >= 0.3 is 0 Å². The molecule has 3 heterocycles. The van der Waals surface area contributed by atoms with Gasteiger partial charge in [-0.15, -0.1) is 0 Å². The molecule has 2 saturated heterocycles. The molecular weight excluding hydrogens is 310 g/mol. The second kappa shape index (κ2) is 7.46. The maximum Gasteiger partial charge on any atom is 0.283 e. The molecule has 0 spiro atoms. The van der Waals surface area contributed by atoms with Gasteiger partial charge in [0.1, 0.15) is 5.56 Å². The molecule has 0 radical (unpaired) electrons. The molecule has 1 unspecified atom stereocenters. The van der Waals surface area contributed by atoms with Crippen molar-refractivity contribution in [1.29, 1.82) is 0 Å². The zero-order valence-electron chi connectivity index (χ0n) is 14.4. The average Bonchev–Trinajstić information content (AvgIpc) is 3.01. The first-order chi connectivity index (χ1) is 11.6. The zero-order chi connectivity index (χ0) is 17.1. The number of aryl methyl sites for hydroxylation is 1. The van der Waals surface area contributed by atoms with Gasteiger partial charge in [-0.2, -0.15) is 0 Å². The van der Waals surface area contributed by atoms with Gasteiger partial charge in [-0.25, -0.2) is 5.06 Å². The molecule has 2 aliphatic rings. The lowest BCUT2D eigenvalue weighted by Crippen LogP contribution is -2.40. The van der Waals surface area contributed by atoms with Crippen LogP contribution in [-0.2, 0) is 16.1 Å². The summed E-state index contributed by atoms with van der Waals surface area (Å²) in [7, 11) is 0. The summed E-state index contributed by atoms with van der Waals surface area (Å²) in [4.78, 5) is 33.1. The number of amides is 1. The van der Waals surface area contributed by atoms with Gasteiger partial charge in [-0.05, 0) is 18.6 Å². The molecule has 1 aromatic heterocycles. The van der Waals surface area contributed by atoms with Crippen molar-refractivity contribution in [3.05, 3.63) is 33.7 Å². The molecule has 0 saturated carbocycles. The summed E-state index contributed by atoms with van der Waals surface area (Å²) in [6, 6.07) is 1.83. The molecule has 1 aromatic rings. The van der Waals surface area contributed by atoms with Crippen molar-refractivity contribution >= 4 is 5.91 Å². The smallest absolute Gasteiger partial charge is 0.283 e. The van der Waals surface area contributed by atoms with Crippen LogP contribution in [0.3, 0.4) is 0 Å². The maximum atomic E-state index is 12.8. The molecule has 7 nitrogen and oxygen atoms in total. The van der Waals surface area contributed by atoms with E-state index >= 15 is 0 Å². The zero-order valence-corrected chi connectivity index (χ0v) is 14.4. The fourth-order valence-corrected chi connectivity index (χ4v) is 3.05. The summed E-state index contributed by atoms with van der Waals surface area (Å²) >= 11 is 0. The van der Waals surface area contributed by atoms with Crippen molar-refractivity contribution in [2.75, 3.05) is 46.0 Å². The standard InChI is InChI=1S/C17H25N3O4/c1-13-11-20(24-12-13)17(22)15-14(2)3-4-19(16(15)21)6-5-18-7-9-23-10-8-18/h3-4,13H,5-12H2,1-2H3. The van der Waals surface area contributed by atoms with E-state index in [0.29, 0.717) is 31.2 Å². The van der Waals surface area contributed by atoms with Crippen molar-refractivity contribution in [2.24, 2.45) is 5.92 Å². The third-order valence-corrected chi connectivity index (χ3v) is 4.57. The van der Waals surface area contributed by atoms with E-state index in [4.69, 9.17) is 9.57 Å². The Morgan fingerprint density at radius 1 is 1.29 bits per heavy atom. The third kappa shape index (κ3) is 3.68. The van der Waals surface area contributed by atoms with Crippen LogP contribution in [0.4, 0.5) is 0 Å². The van der Waals surface area contributed by atoms with Gasteiger partial charge in [-0.1, -0.05) is 6.92 Å².